The van der Waals surface area contributed by atoms with E-state index >= 15 is 0 Å². The second kappa shape index (κ2) is 9.68. The Kier molecular flexibility index (Phi) is 7.89. The van der Waals surface area contributed by atoms with Gasteiger partial charge < -0.3 is 9.15 Å². The van der Waals surface area contributed by atoms with E-state index in [1.54, 1.807) is 0 Å². The van der Waals surface area contributed by atoms with Gasteiger partial charge in [-0.1, -0.05) is 13.8 Å². The molecule has 1 fully saturated rings. The zero-order chi connectivity index (χ0) is 18.3. The maximum absolute atomic E-state index is 12.7. The van der Waals surface area contributed by atoms with Crippen molar-refractivity contribution in [2.24, 2.45) is 0 Å². The molecule has 0 saturated carbocycles. The van der Waals surface area contributed by atoms with Gasteiger partial charge in [-0.3, -0.25) is 4.90 Å². The lowest BCUT2D eigenvalue weighted by Gasteiger charge is -2.34. The molecule has 0 aromatic carbocycles. The van der Waals surface area contributed by atoms with Gasteiger partial charge in [0.15, 0.2) is 0 Å². The first-order chi connectivity index (χ1) is 12.0. The largest absolute Gasteiger partial charge is 0.465 e. The summed E-state index contributed by atoms with van der Waals surface area (Å²) in [6.07, 6.45) is 1.59. The fourth-order valence-electron chi connectivity index (χ4n) is 3.06. The topological polar surface area (TPSA) is 75.0 Å². The number of morpholine rings is 1. The Morgan fingerprint density at radius 2 is 1.84 bits per heavy atom. The van der Waals surface area contributed by atoms with Crippen LogP contribution in [0.5, 0.6) is 0 Å². The summed E-state index contributed by atoms with van der Waals surface area (Å²) in [5.74, 6) is 1.62. The van der Waals surface area contributed by atoms with Gasteiger partial charge in [0, 0.05) is 32.7 Å². The average Bonchev–Trinajstić information content (AvgIpc) is 3.02. The second-order valence-electron chi connectivity index (χ2n) is 6.37. The number of ether oxygens (including phenoxy) is 1. The summed E-state index contributed by atoms with van der Waals surface area (Å²) in [5, 5.41) is 0. The van der Waals surface area contributed by atoms with Crippen molar-refractivity contribution in [2.45, 2.75) is 39.7 Å². The van der Waals surface area contributed by atoms with Gasteiger partial charge in [-0.2, -0.15) is 12.7 Å². The molecule has 1 aliphatic heterocycles. The molecular formula is C17H31N3O4S. The van der Waals surface area contributed by atoms with Gasteiger partial charge >= 0.3 is 0 Å². The van der Waals surface area contributed by atoms with Crippen molar-refractivity contribution in [1.82, 2.24) is 13.9 Å². The Bertz CT molecular complexity index is 605. The SMILES string of the molecule is CCCN(CCC)S(=O)(=O)NC[C@@H](c1ccc(C)o1)N1CCOCC1. The Balaban J connectivity index is 2.10. The number of hydrogen-bond acceptors (Lipinski definition) is 5. The maximum atomic E-state index is 12.7. The van der Waals surface area contributed by atoms with Gasteiger partial charge in [-0.05, 0) is 31.9 Å². The Morgan fingerprint density at radius 3 is 2.36 bits per heavy atom. The van der Waals surface area contributed by atoms with Crippen molar-refractivity contribution in [2.75, 3.05) is 45.9 Å². The maximum Gasteiger partial charge on any atom is 0.279 e. The van der Waals surface area contributed by atoms with Crippen LogP contribution in [-0.4, -0.2) is 63.6 Å². The van der Waals surface area contributed by atoms with Crippen LogP contribution < -0.4 is 4.72 Å². The van der Waals surface area contributed by atoms with Crippen molar-refractivity contribution < 1.29 is 17.6 Å². The lowest BCUT2D eigenvalue weighted by atomic mass is 10.2. The van der Waals surface area contributed by atoms with Gasteiger partial charge in [0.25, 0.3) is 10.2 Å². The smallest absolute Gasteiger partial charge is 0.279 e. The van der Waals surface area contributed by atoms with E-state index in [0.717, 1.165) is 37.5 Å². The number of hydrogen-bond donors (Lipinski definition) is 1. The fourth-order valence-corrected chi connectivity index (χ4v) is 4.45. The number of furan rings is 1. The molecule has 1 aliphatic rings. The third kappa shape index (κ3) is 5.79. The van der Waals surface area contributed by atoms with Gasteiger partial charge in [0.05, 0.1) is 19.3 Å². The highest BCUT2D eigenvalue weighted by atomic mass is 32.2. The summed E-state index contributed by atoms with van der Waals surface area (Å²) in [5.41, 5.74) is 0. The minimum absolute atomic E-state index is 0.127. The molecule has 7 nitrogen and oxygen atoms in total. The van der Waals surface area contributed by atoms with Crippen LogP contribution >= 0.6 is 0 Å². The molecule has 1 N–H and O–H groups in total. The molecule has 1 atom stereocenters. The monoisotopic (exact) mass is 373 g/mol. The predicted octanol–water partition coefficient (Wildman–Crippen LogP) is 1.92. The van der Waals surface area contributed by atoms with Crippen LogP contribution in [0, 0.1) is 6.92 Å². The van der Waals surface area contributed by atoms with E-state index < -0.39 is 10.2 Å². The first-order valence-electron chi connectivity index (χ1n) is 9.10. The normalized spacial score (nSPS) is 17.9. The van der Waals surface area contributed by atoms with E-state index in [-0.39, 0.29) is 6.04 Å². The van der Waals surface area contributed by atoms with Gasteiger partial charge in [0.2, 0.25) is 0 Å². The predicted molar refractivity (Wildman–Crippen MR) is 97.7 cm³/mol. The highest BCUT2D eigenvalue weighted by Crippen LogP contribution is 2.23. The Morgan fingerprint density at radius 1 is 1.20 bits per heavy atom. The minimum atomic E-state index is -3.50. The van der Waals surface area contributed by atoms with E-state index in [0.29, 0.717) is 32.8 Å². The molecular weight excluding hydrogens is 342 g/mol. The van der Waals surface area contributed by atoms with Gasteiger partial charge in [-0.25, -0.2) is 4.72 Å². The molecule has 0 aliphatic carbocycles. The first-order valence-corrected chi connectivity index (χ1v) is 10.5. The van der Waals surface area contributed by atoms with E-state index in [2.05, 4.69) is 9.62 Å². The lowest BCUT2D eigenvalue weighted by molar-refractivity contribution is 0.0126. The summed E-state index contributed by atoms with van der Waals surface area (Å²) in [7, 11) is -3.50. The molecule has 8 heteroatoms. The molecule has 0 radical (unpaired) electrons. The van der Waals surface area contributed by atoms with Crippen LogP contribution in [0.1, 0.15) is 44.3 Å². The Labute approximate surface area is 151 Å². The molecule has 1 aromatic rings. The van der Waals surface area contributed by atoms with Gasteiger partial charge in [-0.15, -0.1) is 0 Å². The number of aryl methyl sites for hydroxylation is 1. The summed E-state index contributed by atoms with van der Waals surface area (Å²) < 4.78 is 40.9. The van der Waals surface area contributed by atoms with Crippen LogP contribution in [0.4, 0.5) is 0 Å². The molecule has 1 aromatic heterocycles. The standard InChI is InChI=1S/C17H31N3O4S/c1-4-8-20(9-5-2)25(21,22)18-14-16(17-7-6-15(3)24-17)19-10-12-23-13-11-19/h6-7,16,18H,4-5,8-14H2,1-3H3/t16-/m0/s1. The molecule has 25 heavy (non-hydrogen) atoms. The molecule has 0 unspecified atom stereocenters. The molecule has 0 bridgehead atoms. The van der Waals surface area contributed by atoms with Crippen LogP contribution in [0.3, 0.4) is 0 Å². The van der Waals surface area contributed by atoms with E-state index in [1.807, 2.05) is 32.9 Å². The number of nitrogens with one attached hydrogen (secondary N) is 1. The van der Waals surface area contributed by atoms with E-state index in [4.69, 9.17) is 9.15 Å². The number of rotatable bonds is 10. The van der Waals surface area contributed by atoms with Gasteiger partial charge in [0.1, 0.15) is 11.5 Å². The van der Waals surface area contributed by atoms with Crippen LogP contribution in [-0.2, 0) is 14.9 Å². The summed E-state index contributed by atoms with van der Waals surface area (Å²) in [6.45, 7) is 10.1. The molecule has 1 saturated heterocycles. The minimum Gasteiger partial charge on any atom is -0.465 e. The van der Waals surface area contributed by atoms with Crippen molar-refractivity contribution >= 4 is 10.2 Å². The first kappa shape index (κ1) is 20.4. The van der Waals surface area contributed by atoms with Crippen molar-refractivity contribution in [3.05, 3.63) is 23.7 Å². The second-order valence-corrected chi connectivity index (χ2v) is 8.12. The highest BCUT2D eigenvalue weighted by molar-refractivity contribution is 7.87. The zero-order valence-electron chi connectivity index (χ0n) is 15.5. The average molecular weight is 374 g/mol. The summed E-state index contributed by atoms with van der Waals surface area (Å²) in [4.78, 5) is 2.22. The molecule has 0 amide bonds. The third-order valence-electron chi connectivity index (χ3n) is 4.32. The zero-order valence-corrected chi connectivity index (χ0v) is 16.3. The van der Waals surface area contributed by atoms with Crippen molar-refractivity contribution in [3.63, 3.8) is 0 Å². The summed E-state index contributed by atoms with van der Waals surface area (Å²) >= 11 is 0. The third-order valence-corrected chi connectivity index (χ3v) is 5.90. The molecule has 2 heterocycles. The molecule has 0 spiro atoms. The quantitative estimate of drug-likeness (QED) is 0.678. The highest BCUT2D eigenvalue weighted by Gasteiger charge is 2.28. The summed E-state index contributed by atoms with van der Waals surface area (Å²) in [6, 6.07) is 3.72. The van der Waals surface area contributed by atoms with Crippen molar-refractivity contribution in [1.29, 1.82) is 0 Å². The van der Waals surface area contributed by atoms with Crippen molar-refractivity contribution in [3.8, 4) is 0 Å². The molecule has 2 rings (SSSR count). The number of nitrogens with zero attached hydrogens (tertiary/aromatic N) is 2. The fraction of sp³-hybridized carbons (Fsp3) is 0.765. The van der Waals surface area contributed by atoms with Crippen LogP contribution in [0.2, 0.25) is 0 Å². The van der Waals surface area contributed by atoms with E-state index in [9.17, 15) is 8.42 Å². The van der Waals surface area contributed by atoms with Crippen LogP contribution in [0.15, 0.2) is 16.5 Å². The van der Waals surface area contributed by atoms with E-state index in [1.165, 1.54) is 4.31 Å². The molecule has 144 valence electrons. The Hall–Kier alpha value is -0.930. The lowest BCUT2D eigenvalue weighted by Crippen LogP contribution is -2.47. The van der Waals surface area contributed by atoms with Crippen LogP contribution in [0.25, 0.3) is 0 Å².